The van der Waals surface area contributed by atoms with Crippen LogP contribution in [-0.2, 0) is 0 Å². The smallest absolute Gasteiger partial charge is 0.235 e. The standard InChI is InChI=1S/C42H23N5S2/c1-2-10-24(11-3-1)25-18-20-26(21-19-25)37-27-12-4-7-15-30(27)45-42(46-37)47-31-16-8-5-13-28(31)34-39(47)35-29-14-6-9-17-32(29)48-41(35)36-38-33(49-40(34)36)22-43-23-44-38/h1-23H. The van der Waals surface area contributed by atoms with Gasteiger partial charge >= 0.3 is 0 Å². The molecule has 0 radical (unpaired) electrons. The molecule has 0 saturated heterocycles. The Hall–Kier alpha value is -6.02. The van der Waals surface area contributed by atoms with Crippen LogP contribution in [0.15, 0.2) is 140 Å². The third-order valence-corrected chi connectivity index (χ3v) is 11.9. The van der Waals surface area contributed by atoms with Crippen LogP contribution in [0.4, 0.5) is 0 Å². The van der Waals surface area contributed by atoms with E-state index in [0.717, 1.165) is 43.4 Å². The van der Waals surface area contributed by atoms with Crippen molar-refractivity contribution in [1.82, 2.24) is 24.5 Å². The Bertz CT molecular complexity index is 3070. The second kappa shape index (κ2) is 10.2. The molecule has 7 heteroatoms. The van der Waals surface area contributed by atoms with Crippen molar-refractivity contribution >= 4 is 95.9 Å². The lowest BCUT2D eigenvalue weighted by atomic mass is 10.0. The highest BCUT2D eigenvalue weighted by Crippen LogP contribution is 2.51. The molecule has 11 aromatic rings. The maximum Gasteiger partial charge on any atom is 0.235 e. The first-order valence-electron chi connectivity index (χ1n) is 16.1. The van der Waals surface area contributed by atoms with Gasteiger partial charge in [-0.1, -0.05) is 109 Å². The Balaban J connectivity index is 1.29. The summed E-state index contributed by atoms with van der Waals surface area (Å²) in [4.78, 5) is 20.0. The van der Waals surface area contributed by atoms with E-state index in [1.807, 2.05) is 23.6 Å². The number of fused-ring (bicyclic) bond motifs is 13. The highest BCUT2D eigenvalue weighted by molar-refractivity contribution is 7.30. The topological polar surface area (TPSA) is 56.5 Å². The van der Waals surface area contributed by atoms with Gasteiger partial charge in [0, 0.05) is 58.2 Å². The maximum absolute atomic E-state index is 5.45. The summed E-state index contributed by atoms with van der Waals surface area (Å²) in [5.74, 6) is 0.656. The largest absolute Gasteiger partial charge is 0.277 e. The summed E-state index contributed by atoms with van der Waals surface area (Å²) in [5.41, 5.74) is 8.45. The fraction of sp³-hybridized carbons (Fsp3) is 0. The Labute approximate surface area is 287 Å². The van der Waals surface area contributed by atoms with E-state index >= 15 is 0 Å². The molecule has 0 unspecified atom stereocenters. The molecule has 5 heterocycles. The van der Waals surface area contributed by atoms with Crippen molar-refractivity contribution in [2.45, 2.75) is 0 Å². The van der Waals surface area contributed by atoms with Gasteiger partial charge in [-0.3, -0.25) is 4.57 Å². The van der Waals surface area contributed by atoms with E-state index in [9.17, 15) is 0 Å². The van der Waals surface area contributed by atoms with Crippen LogP contribution in [0, 0.1) is 0 Å². The molecule has 228 valence electrons. The van der Waals surface area contributed by atoms with Crippen molar-refractivity contribution in [3.63, 3.8) is 0 Å². The summed E-state index contributed by atoms with van der Waals surface area (Å²) in [5, 5.41) is 7.04. The number of benzene rings is 6. The minimum absolute atomic E-state index is 0.656. The normalized spacial score (nSPS) is 12.1. The van der Waals surface area contributed by atoms with Crippen LogP contribution >= 0.6 is 22.7 Å². The second-order valence-electron chi connectivity index (χ2n) is 12.3. The quantitative estimate of drug-likeness (QED) is 0.189. The van der Waals surface area contributed by atoms with E-state index in [4.69, 9.17) is 15.0 Å². The minimum atomic E-state index is 0.656. The Morgan fingerprint density at radius 2 is 1.16 bits per heavy atom. The van der Waals surface area contributed by atoms with Crippen molar-refractivity contribution in [3.8, 4) is 28.3 Å². The van der Waals surface area contributed by atoms with E-state index in [0.29, 0.717) is 5.95 Å². The number of rotatable bonds is 3. The molecule has 0 spiro atoms. The van der Waals surface area contributed by atoms with Gasteiger partial charge < -0.3 is 0 Å². The number of nitrogens with zero attached hydrogens (tertiary/aromatic N) is 5. The molecule has 0 saturated carbocycles. The molecule has 0 aliphatic carbocycles. The van der Waals surface area contributed by atoms with Crippen LogP contribution in [0.1, 0.15) is 0 Å². The first-order chi connectivity index (χ1) is 24.3. The van der Waals surface area contributed by atoms with E-state index in [1.54, 1.807) is 17.7 Å². The fourth-order valence-corrected chi connectivity index (χ4v) is 9.96. The number of hydrogen-bond acceptors (Lipinski definition) is 6. The van der Waals surface area contributed by atoms with Gasteiger partial charge in [0.25, 0.3) is 0 Å². The number of hydrogen-bond donors (Lipinski definition) is 0. The van der Waals surface area contributed by atoms with Crippen LogP contribution in [0.2, 0.25) is 0 Å². The Morgan fingerprint density at radius 1 is 0.510 bits per heavy atom. The molecule has 0 atom stereocenters. The number of thiophene rings is 2. The average molecular weight is 662 g/mol. The van der Waals surface area contributed by atoms with Crippen molar-refractivity contribution in [2.75, 3.05) is 0 Å². The summed E-state index contributed by atoms with van der Waals surface area (Å²) in [7, 11) is 0. The summed E-state index contributed by atoms with van der Waals surface area (Å²) in [6, 6.07) is 44.9. The van der Waals surface area contributed by atoms with Crippen molar-refractivity contribution in [3.05, 3.63) is 140 Å². The minimum Gasteiger partial charge on any atom is -0.277 e. The predicted molar refractivity (Wildman–Crippen MR) is 206 cm³/mol. The van der Waals surface area contributed by atoms with Gasteiger partial charge in [0.05, 0.1) is 32.5 Å². The van der Waals surface area contributed by atoms with E-state index in [-0.39, 0.29) is 0 Å². The Kier molecular flexibility index (Phi) is 5.64. The maximum atomic E-state index is 5.45. The molecular weight excluding hydrogens is 639 g/mol. The molecule has 0 aliphatic heterocycles. The number of aromatic nitrogens is 5. The van der Waals surface area contributed by atoms with Crippen molar-refractivity contribution in [1.29, 1.82) is 0 Å². The van der Waals surface area contributed by atoms with Crippen molar-refractivity contribution in [2.24, 2.45) is 0 Å². The van der Waals surface area contributed by atoms with E-state index < -0.39 is 0 Å². The zero-order chi connectivity index (χ0) is 32.1. The molecule has 11 rings (SSSR count). The molecule has 0 bridgehead atoms. The lowest BCUT2D eigenvalue weighted by Gasteiger charge is -2.13. The molecule has 49 heavy (non-hydrogen) atoms. The summed E-state index contributed by atoms with van der Waals surface area (Å²) in [6.07, 6.45) is 3.61. The van der Waals surface area contributed by atoms with Gasteiger partial charge in [-0.2, -0.15) is 0 Å². The highest BCUT2D eigenvalue weighted by Gasteiger charge is 2.26. The number of para-hydroxylation sites is 2. The summed E-state index contributed by atoms with van der Waals surface area (Å²) >= 11 is 3.60. The van der Waals surface area contributed by atoms with Gasteiger partial charge in [-0.25, -0.2) is 19.9 Å². The van der Waals surface area contributed by atoms with Gasteiger partial charge in [0.1, 0.15) is 6.33 Å². The predicted octanol–water partition coefficient (Wildman–Crippen LogP) is 11.6. The monoisotopic (exact) mass is 661 g/mol. The SMILES string of the molecule is c1ccc(-c2ccc(-c3nc(-n4c5ccccc5c5c6sc7cncnc7c6c6sc7ccccc7c6c54)nc4ccccc34)cc2)cc1. The summed E-state index contributed by atoms with van der Waals surface area (Å²) in [6.45, 7) is 0. The van der Waals surface area contributed by atoms with E-state index in [1.165, 1.54) is 52.2 Å². The lowest BCUT2D eigenvalue weighted by molar-refractivity contribution is 1.02. The lowest BCUT2D eigenvalue weighted by Crippen LogP contribution is -2.03. The van der Waals surface area contributed by atoms with Crippen LogP contribution in [-0.4, -0.2) is 24.5 Å². The van der Waals surface area contributed by atoms with Gasteiger partial charge in [-0.15, -0.1) is 22.7 Å². The molecule has 6 aromatic carbocycles. The van der Waals surface area contributed by atoms with Crippen molar-refractivity contribution < 1.29 is 0 Å². The molecule has 5 nitrogen and oxygen atoms in total. The molecular formula is C42H23N5S2. The van der Waals surface area contributed by atoms with Gasteiger partial charge in [0.2, 0.25) is 5.95 Å². The van der Waals surface area contributed by atoms with Crippen LogP contribution in [0.25, 0.3) is 102 Å². The molecule has 5 aromatic heterocycles. The average Bonchev–Trinajstić information content (AvgIpc) is 3.84. The zero-order valence-electron chi connectivity index (χ0n) is 25.8. The van der Waals surface area contributed by atoms with Gasteiger partial charge in [-0.05, 0) is 29.3 Å². The van der Waals surface area contributed by atoms with Crippen LogP contribution < -0.4 is 0 Å². The van der Waals surface area contributed by atoms with Crippen LogP contribution in [0.5, 0.6) is 0 Å². The Morgan fingerprint density at radius 3 is 2.02 bits per heavy atom. The van der Waals surface area contributed by atoms with Gasteiger partial charge in [0.15, 0.2) is 0 Å². The molecule has 0 fully saturated rings. The third-order valence-electron chi connectivity index (χ3n) is 9.57. The zero-order valence-corrected chi connectivity index (χ0v) is 27.5. The molecule has 0 amide bonds. The third kappa shape index (κ3) is 3.85. The summed E-state index contributed by atoms with van der Waals surface area (Å²) < 4.78 is 7.09. The fourth-order valence-electron chi connectivity index (χ4n) is 7.44. The molecule has 0 N–H and O–H groups in total. The highest BCUT2D eigenvalue weighted by atomic mass is 32.1. The van der Waals surface area contributed by atoms with Crippen LogP contribution in [0.3, 0.4) is 0 Å². The molecule has 0 aliphatic rings. The second-order valence-corrected chi connectivity index (χ2v) is 14.4. The van der Waals surface area contributed by atoms with E-state index in [2.05, 4.69) is 131 Å². The first kappa shape index (κ1) is 27.0. The first-order valence-corrected chi connectivity index (χ1v) is 17.8.